The van der Waals surface area contributed by atoms with Crippen LogP contribution in [0.15, 0.2) is 24.0 Å². The topological polar surface area (TPSA) is 83.5 Å². The number of rotatable bonds is 3. The van der Waals surface area contributed by atoms with E-state index in [0.29, 0.717) is 25.0 Å². The van der Waals surface area contributed by atoms with Crippen LogP contribution in [0.4, 0.5) is 0 Å². The second kappa shape index (κ2) is 4.81. The molecule has 78 valence electrons. The fraction of sp³-hybridized carbons (Fsp3) is 0.500. The highest BCUT2D eigenvalue weighted by molar-refractivity contribution is 5.73. The van der Waals surface area contributed by atoms with Crippen LogP contribution in [0.1, 0.15) is 19.3 Å². The number of carbonyl (C=O) groups is 1. The maximum absolute atomic E-state index is 10.5. The van der Waals surface area contributed by atoms with Crippen molar-refractivity contribution in [2.75, 3.05) is 0 Å². The van der Waals surface area contributed by atoms with Gasteiger partial charge in [-0.25, -0.2) is 0 Å². The summed E-state index contributed by atoms with van der Waals surface area (Å²) in [5.41, 5.74) is 5.42. The molecule has 0 radical (unpaired) electrons. The number of nitrogens with two attached hydrogens (primary N) is 1. The van der Waals surface area contributed by atoms with Gasteiger partial charge in [0.25, 0.3) is 0 Å². The fourth-order valence-corrected chi connectivity index (χ4v) is 1.43. The monoisotopic (exact) mass is 197 g/mol. The lowest BCUT2D eigenvalue weighted by atomic mass is 9.97. The smallest absolute Gasteiger partial charge is 0.320 e. The molecule has 0 heterocycles. The molecule has 0 aromatic heterocycles. The van der Waals surface area contributed by atoms with Crippen molar-refractivity contribution in [1.29, 1.82) is 0 Å². The van der Waals surface area contributed by atoms with Crippen LogP contribution in [0.2, 0.25) is 0 Å². The lowest BCUT2D eigenvalue weighted by Gasteiger charge is -2.12. The summed E-state index contributed by atoms with van der Waals surface area (Å²) < 4.78 is 0. The molecule has 0 amide bonds. The van der Waals surface area contributed by atoms with Crippen molar-refractivity contribution in [3.8, 4) is 0 Å². The zero-order valence-corrected chi connectivity index (χ0v) is 7.89. The van der Waals surface area contributed by atoms with Crippen molar-refractivity contribution in [2.45, 2.75) is 25.3 Å². The third-order valence-electron chi connectivity index (χ3n) is 2.27. The molecule has 4 N–H and O–H groups in total. The van der Waals surface area contributed by atoms with Crippen LogP contribution in [0.3, 0.4) is 0 Å². The number of carboxylic acid groups (broad SMARTS) is 1. The Morgan fingerprint density at radius 3 is 3.07 bits per heavy atom. The van der Waals surface area contributed by atoms with Crippen molar-refractivity contribution >= 4 is 5.97 Å². The SMILES string of the molecule is N[C@H](CC1C=CCC(O)=CC1)C(=O)O. The molecule has 1 aliphatic carbocycles. The largest absolute Gasteiger partial charge is 0.512 e. The molecule has 1 unspecified atom stereocenters. The average molecular weight is 197 g/mol. The van der Waals surface area contributed by atoms with E-state index in [-0.39, 0.29) is 5.92 Å². The van der Waals surface area contributed by atoms with E-state index in [0.717, 1.165) is 0 Å². The number of carboxylic acids is 1. The molecule has 1 aliphatic rings. The van der Waals surface area contributed by atoms with E-state index >= 15 is 0 Å². The minimum absolute atomic E-state index is 0.116. The molecule has 0 fully saturated rings. The molecule has 2 atom stereocenters. The van der Waals surface area contributed by atoms with E-state index in [1.165, 1.54) is 0 Å². The minimum atomic E-state index is -0.976. The van der Waals surface area contributed by atoms with E-state index in [9.17, 15) is 9.90 Å². The first kappa shape index (κ1) is 10.8. The molecule has 0 aromatic rings. The zero-order chi connectivity index (χ0) is 10.6. The summed E-state index contributed by atoms with van der Waals surface area (Å²) in [7, 11) is 0. The Morgan fingerprint density at radius 2 is 2.43 bits per heavy atom. The van der Waals surface area contributed by atoms with Gasteiger partial charge in [-0.05, 0) is 24.8 Å². The lowest BCUT2D eigenvalue weighted by molar-refractivity contribution is -0.138. The van der Waals surface area contributed by atoms with Crippen molar-refractivity contribution in [3.05, 3.63) is 24.0 Å². The van der Waals surface area contributed by atoms with Gasteiger partial charge in [-0.1, -0.05) is 12.2 Å². The van der Waals surface area contributed by atoms with Crippen LogP contribution in [0.25, 0.3) is 0 Å². The molecule has 1 rings (SSSR count). The molecular weight excluding hydrogens is 182 g/mol. The highest BCUT2D eigenvalue weighted by atomic mass is 16.4. The Morgan fingerprint density at radius 1 is 1.71 bits per heavy atom. The van der Waals surface area contributed by atoms with E-state index in [2.05, 4.69) is 0 Å². The number of allylic oxidation sites excluding steroid dienone is 3. The Bertz CT molecular complexity index is 271. The van der Waals surface area contributed by atoms with Crippen LogP contribution < -0.4 is 5.73 Å². The highest BCUT2D eigenvalue weighted by Crippen LogP contribution is 2.19. The van der Waals surface area contributed by atoms with Gasteiger partial charge >= 0.3 is 5.97 Å². The van der Waals surface area contributed by atoms with Crippen LogP contribution in [0, 0.1) is 5.92 Å². The second-order valence-electron chi connectivity index (χ2n) is 3.50. The van der Waals surface area contributed by atoms with Crippen molar-refractivity contribution in [2.24, 2.45) is 11.7 Å². The van der Waals surface area contributed by atoms with Gasteiger partial charge in [0.05, 0.1) is 5.76 Å². The second-order valence-corrected chi connectivity index (χ2v) is 3.50. The van der Waals surface area contributed by atoms with Gasteiger partial charge in [-0.3, -0.25) is 4.79 Å². The van der Waals surface area contributed by atoms with Gasteiger partial charge in [-0.2, -0.15) is 0 Å². The summed E-state index contributed by atoms with van der Waals surface area (Å²) in [5.74, 6) is -0.519. The first-order valence-corrected chi connectivity index (χ1v) is 4.62. The summed E-state index contributed by atoms with van der Waals surface area (Å²) in [6.45, 7) is 0. The predicted octanol–water partition coefficient (Wildman–Crippen LogP) is 1.20. The lowest BCUT2D eigenvalue weighted by Crippen LogP contribution is -2.31. The van der Waals surface area contributed by atoms with Gasteiger partial charge in [0.15, 0.2) is 0 Å². The first-order valence-electron chi connectivity index (χ1n) is 4.62. The van der Waals surface area contributed by atoms with Gasteiger partial charge in [0.1, 0.15) is 6.04 Å². The van der Waals surface area contributed by atoms with Gasteiger partial charge < -0.3 is 15.9 Å². The summed E-state index contributed by atoms with van der Waals surface area (Å²) in [5, 5.41) is 17.8. The molecule has 0 saturated carbocycles. The quantitative estimate of drug-likeness (QED) is 0.593. The molecule has 14 heavy (non-hydrogen) atoms. The van der Waals surface area contributed by atoms with Crippen LogP contribution in [0.5, 0.6) is 0 Å². The highest BCUT2D eigenvalue weighted by Gasteiger charge is 2.17. The molecule has 0 spiro atoms. The van der Waals surface area contributed by atoms with E-state index in [1.54, 1.807) is 6.08 Å². The van der Waals surface area contributed by atoms with E-state index < -0.39 is 12.0 Å². The maximum atomic E-state index is 10.5. The number of aliphatic hydroxyl groups is 1. The van der Waals surface area contributed by atoms with Crippen molar-refractivity contribution in [1.82, 2.24) is 0 Å². The molecule has 0 aromatic carbocycles. The standard InChI is InChI=1S/C10H15NO3/c11-9(10(13)14)6-7-2-1-3-8(12)5-4-7/h1-2,5,7,9,12H,3-4,6,11H2,(H,13,14)/t7?,9-/m1/s1. The van der Waals surface area contributed by atoms with Gasteiger partial charge in [0, 0.05) is 6.42 Å². The summed E-state index contributed by atoms with van der Waals surface area (Å²) in [6, 6.07) is -0.821. The van der Waals surface area contributed by atoms with Gasteiger partial charge in [-0.15, -0.1) is 0 Å². The number of hydrogen-bond donors (Lipinski definition) is 3. The van der Waals surface area contributed by atoms with E-state index in [4.69, 9.17) is 10.8 Å². The summed E-state index contributed by atoms with van der Waals surface area (Å²) in [6.07, 6.45) is 7.08. The molecule has 0 saturated heterocycles. The minimum Gasteiger partial charge on any atom is -0.512 e. The average Bonchev–Trinajstić information content (AvgIpc) is 2.31. The third-order valence-corrected chi connectivity index (χ3v) is 2.27. The Hall–Kier alpha value is -1.29. The molecule has 4 nitrogen and oxygen atoms in total. The Labute approximate surface area is 82.7 Å². The van der Waals surface area contributed by atoms with E-state index in [1.807, 2.05) is 12.2 Å². The Balaban J connectivity index is 2.49. The van der Waals surface area contributed by atoms with Crippen LogP contribution in [-0.2, 0) is 4.79 Å². The summed E-state index contributed by atoms with van der Waals surface area (Å²) in [4.78, 5) is 10.5. The van der Waals surface area contributed by atoms with Crippen molar-refractivity contribution in [3.63, 3.8) is 0 Å². The predicted molar refractivity (Wildman–Crippen MR) is 52.8 cm³/mol. The Kier molecular flexibility index (Phi) is 3.71. The van der Waals surface area contributed by atoms with Crippen molar-refractivity contribution < 1.29 is 15.0 Å². The normalized spacial score (nSPS) is 23.8. The third kappa shape index (κ3) is 3.22. The van der Waals surface area contributed by atoms with Crippen LogP contribution >= 0.6 is 0 Å². The fourth-order valence-electron chi connectivity index (χ4n) is 1.43. The molecule has 0 bridgehead atoms. The maximum Gasteiger partial charge on any atom is 0.320 e. The molecule has 0 aliphatic heterocycles. The number of hydrogen-bond acceptors (Lipinski definition) is 3. The first-order chi connectivity index (χ1) is 6.59. The number of aliphatic carboxylic acids is 1. The summed E-state index contributed by atoms with van der Waals surface area (Å²) >= 11 is 0. The van der Waals surface area contributed by atoms with Gasteiger partial charge in [0.2, 0.25) is 0 Å². The molecular formula is C10H15NO3. The zero-order valence-electron chi connectivity index (χ0n) is 7.89. The molecule has 4 heteroatoms. The number of aliphatic hydroxyl groups excluding tert-OH is 1. The van der Waals surface area contributed by atoms with Crippen LogP contribution in [-0.4, -0.2) is 22.2 Å².